The molecular weight excluding hydrogens is 648 g/mol. The molecule has 0 aromatic heterocycles. The zero-order valence-electron chi connectivity index (χ0n) is 27.9. The number of nitro groups is 1. The lowest BCUT2D eigenvalue weighted by atomic mass is 9.82. The minimum atomic E-state index is -3.64. The Morgan fingerprint density at radius 3 is 2.49 bits per heavy atom. The summed E-state index contributed by atoms with van der Waals surface area (Å²) in [7, 11) is -3.64. The largest absolute Gasteiger partial charge is 0.395 e. The molecule has 2 fully saturated rings. The molecule has 3 heterocycles. The molecule has 0 bridgehead atoms. The van der Waals surface area contributed by atoms with E-state index in [0.717, 1.165) is 23.2 Å². The average molecular weight is 689 g/mol. The van der Waals surface area contributed by atoms with Gasteiger partial charge in [0.25, 0.3) is 11.6 Å². The second kappa shape index (κ2) is 13.4. The summed E-state index contributed by atoms with van der Waals surface area (Å²) in [6.07, 6.45) is 0.0160. The summed E-state index contributed by atoms with van der Waals surface area (Å²) in [4.78, 5) is 57.2. The number of aliphatic hydroxyl groups is 1. The van der Waals surface area contributed by atoms with Gasteiger partial charge in [-0.15, -0.1) is 0 Å². The Morgan fingerprint density at radius 1 is 1.10 bits per heavy atom. The Labute approximate surface area is 285 Å². The van der Waals surface area contributed by atoms with Gasteiger partial charge in [-0.05, 0) is 48.8 Å². The van der Waals surface area contributed by atoms with Crippen LogP contribution in [0, 0.1) is 16.0 Å². The molecule has 2 saturated heterocycles. The number of anilines is 2. The molecule has 1 spiro atoms. The number of carbonyl (C=O) groups is 3. The number of carbonyl (C=O) groups excluding carboxylic acids is 3. The third-order valence-corrected chi connectivity index (χ3v) is 12.6. The average Bonchev–Trinajstić information content (AvgIpc) is 3.70. The van der Waals surface area contributed by atoms with E-state index < -0.39 is 42.4 Å². The third-order valence-electron chi connectivity index (χ3n) is 10.1. The van der Waals surface area contributed by atoms with Gasteiger partial charge >= 0.3 is 0 Å². The van der Waals surface area contributed by atoms with Crippen LogP contribution in [0.3, 0.4) is 0 Å². The van der Waals surface area contributed by atoms with Crippen LogP contribution in [-0.4, -0.2) is 66.9 Å². The first-order chi connectivity index (χ1) is 23.3. The van der Waals surface area contributed by atoms with Crippen LogP contribution in [0.4, 0.5) is 21.2 Å². The zero-order chi connectivity index (χ0) is 35.1. The molecule has 49 heavy (non-hydrogen) atoms. The van der Waals surface area contributed by atoms with Crippen molar-refractivity contribution in [3.05, 3.63) is 99.6 Å². The predicted molar refractivity (Wildman–Crippen MR) is 184 cm³/mol. The molecular formula is C36H41FN4O7Si. The molecule has 0 unspecified atom stereocenters. The monoisotopic (exact) mass is 688 g/mol. The van der Waals surface area contributed by atoms with Crippen LogP contribution in [0.5, 0.6) is 0 Å². The lowest BCUT2D eigenvalue weighted by molar-refractivity contribution is -0.385. The van der Waals surface area contributed by atoms with Gasteiger partial charge in [-0.1, -0.05) is 49.4 Å². The van der Waals surface area contributed by atoms with E-state index in [-0.39, 0.29) is 55.7 Å². The smallest absolute Gasteiger partial charge is 0.269 e. The van der Waals surface area contributed by atoms with Crippen molar-refractivity contribution in [3.8, 4) is 0 Å². The van der Waals surface area contributed by atoms with E-state index in [2.05, 4.69) is 0 Å². The Kier molecular flexibility index (Phi) is 9.44. The molecule has 6 rings (SSSR count). The van der Waals surface area contributed by atoms with Crippen LogP contribution in [0.15, 0.2) is 72.8 Å². The van der Waals surface area contributed by atoms with Gasteiger partial charge in [0.15, 0.2) is 5.60 Å². The van der Waals surface area contributed by atoms with E-state index in [9.17, 15) is 29.6 Å². The highest BCUT2D eigenvalue weighted by Crippen LogP contribution is 2.60. The number of nitrogens with zero attached hydrogens (tertiary/aromatic N) is 4. The van der Waals surface area contributed by atoms with Crippen LogP contribution in [-0.2, 0) is 37.8 Å². The molecule has 13 heteroatoms. The summed E-state index contributed by atoms with van der Waals surface area (Å²) < 4.78 is 23.1. The Hall–Kier alpha value is -4.46. The minimum absolute atomic E-state index is 0.0325. The summed E-state index contributed by atoms with van der Waals surface area (Å²) in [5.41, 5.74) is 0.216. The number of rotatable bonds is 11. The molecule has 3 aromatic rings. The lowest BCUT2D eigenvalue weighted by Gasteiger charge is -2.31. The number of halogens is 1. The van der Waals surface area contributed by atoms with Crippen molar-refractivity contribution in [1.29, 1.82) is 0 Å². The normalized spacial score (nSPS) is 23.4. The maximum Gasteiger partial charge on any atom is 0.269 e. The molecule has 4 atom stereocenters. The molecule has 1 N–H and O–H groups in total. The standard InChI is InChI=1S/C36H41FN4O7Si/c1-24-34(49(2,3)37)31(21-33(44)38(17-18-42)22-25-9-5-4-6-10-25)48-36(24)29-20-28(41(46)47)14-15-30(29)40(35(36)45)23-26-11-7-12-27(19-26)39-16-8-13-32(39)43/h4-7,9-12,14-15,19-20,24,31,34,42H,8,13,16-18,21-23H2,1-3H3/t24-,31+,34-,36+/m1/s1. The number of nitro benzene ring substituents is 1. The second-order valence-electron chi connectivity index (χ2n) is 13.7. The van der Waals surface area contributed by atoms with Crippen molar-refractivity contribution in [1.82, 2.24) is 4.90 Å². The molecule has 3 aliphatic heterocycles. The Balaban J connectivity index is 1.37. The number of hydrogen-bond donors (Lipinski definition) is 1. The van der Waals surface area contributed by atoms with Gasteiger partial charge in [0.05, 0.1) is 36.3 Å². The van der Waals surface area contributed by atoms with E-state index in [1.54, 1.807) is 11.8 Å². The van der Waals surface area contributed by atoms with Crippen molar-refractivity contribution in [2.24, 2.45) is 5.92 Å². The van der Waals surface area contributed by atoms with Crippen LogP contribution >= 0.6 is 0 Å². The molecule has 3 aromatic carbocycles. The molecule has 3 aliphatic rings. The quantitative estimate of drug-likeness (QED) is 0.123. The van der Waals surface area contributed by atoms with Gasteiger partial charge in [-0.2, -0.15) is 0 Å². The minimum Gasteiger partial charge on any atom is -0.395 e. The highest BCUT2D eigenvalue weighted by atomic mass is 28.4. The summed E-state index contributed by atoms with van der Waals surface area (Å²) in [5, 5.41) is 21.7. The number of fused-ring (bicyclic) bond motifs is 2. The maximum absolute atomic E-state index is 16.4. The zero-order valence-corrected chi connectivity index (χ0v) is 28.9. The van der Waals surface area contributed by atoms with Gasteiger partial charge in [0.1, 0.15) is 0 Å². The van der Waals surface area contributed by atoms with E-state index >= 15 is 4.11 Å². The predicted octanol–water partition coefficient (Wildman–Crippen LogP) is 5.45. The third kappa shape index (κ3) is 6.38. The molecule has 258 valence electrons. The Bertz CT molecular complexity index is 1770. The number of aliphatic hydroxyl groups excluding tert-OH is 1. The summed E-state index contributed by atoms with van der Waals surface area (Å²) in [6, 6.07) is 20.9. The van der Waals surface area contributed by atoms with Crippen LogP contribution < -0.4 is 9.80 Å². The Morgan fingerprint density at radius 2 is 1.84 bits per heavy atom. The first kappa shape index (κ1) is 34.4. The number of hydrogen-bond acceptors (Lipinski definition) is 7. The molecule has 0 aliphatic carbocycles. The van der Waals surface area contributed by atoms with Crippen LogP contribution in [0.2, 0.25) is 18.6 Å². The van der Waals surface area contributed by atoms with Crippen molar-refractivity contribution in [2.45, 2.75) is 69.6 Å². The lowest BCUT2D eigenvalue weighted by Crippen LogP contribution is -2.45. The number of non-ortho nitro benzene ring substituents is 1. The first-order valence-corrected chi connectivity index (χ1v) is 19.6. The van der Waals surface area contributed by atoms with Gasteiger partial charge in [-0.25, -0.2) is 0 Å². The van der Waals surface area contributed by atoms with Crippen molar-refractivity contribution < 1.29 is 33.3 Å². The number of benzene rings is 3. The second-order valence-corrected chi connectivity index (χ2v) is 17.5. The van der Waals surface area contributed by atoms with Crippen molar-refractivity contribution >= 4 is 43.2 Å². The molecule has 0 saturated carbocycles. The fourth-order valence-corrected chi connectivity index (χ4v) is 10.4. The molecule has 3 amide bonds. The number of ether oxygens (including phenoxy) is 1. The van der Waals surface area contributed by atoms with E-state index in [4.69, 9.17) is 4.74 Å². The van der Waals surface area contributed by atoms with Crippen molar-refractivity contribution in [3.63, 3.8) is 0 Å². The fourth-order valence-electron chi connectivity index (χ4n) is 7.95. The first-order valence-electron chi connectivity index (χ1n) is 16.6. The molecule has 0 radical (unpaired) electrons. The summed E-state index contributed by atoms with van der Waals surface area (Å²) in [6.45, 7) is 5.52. The van der Waals surface area contributed by atoms with Gasteiger partial charge < -0.3 is 28.7 Å². The maximum atomic E-state index is 16.4. The summed E-state index contributed by atoms with van der Waals surface area (Å²) in [5.74, 6) is -1.56. The topological polar surface area (TPSA) is 134 Å². The SMILES string of the molecule is C[C@@H]1[C@@H]([Si](C)(C)F)[C@H](CC(=O)N(CCO)Cc2ccccc2)O[C@@]12C(=O)N(Cc1cccc(N3CCCC3=O)c1)c1ccc([N+](=O)[O-])cc12. The van der Waals surface area contributed by atoms with E-state index in [1.807, 2.05) is 54.6 Å². The van der Waals surface area contributed by atoms with Gasteiger partial charge in [-0.3, -0.25) is 24.5 Å². The van der Waals surface area contributed by atoms with E-state index in [1.165, 1.54) is 41.1 Å². The number of amides is 3. The van der Waals surface area contributed by atoms with E-state index in [0.29, 0.717) is 18.7 Å². The van der Waals surface area contributed by atoms with Crippen LogP contribution in [0.25, 0.3) is 0 Å². The fraction of sp³-hybridized carbons (Fsp3) is 0.417. The van der Waals surface area contributed by atoms with Gasteiger partial charge in [0.2, 0.25) is 20.2 Å². The highest BCUT2D eigenvalue weighted by molar-refractivity contribution is 6.72. The highest BCUT2D eigenvalue weighted by Gasteiger charge is 2.67. The molecule has 11 nitrogen and oxygen atoms in total. The van der Waals surface area contributed by atoms with Crippen LogP contribution in [0.1, 0.15) is 42.9 Å². The summed E-state index contributed by atoms with van der Waals surface area (Å²) >= 11 is 0. The van der Waals surface area contributed by atoms with Crippen molar-refractivity contribution in [2.75, 3.05) is 29.5 Å². The van der Waals surface area contributed by atoms with Gasteiger partial charge in [0, 0.05) is 60.9 Å².